The highest BCUT2D eigenvalue weighted by Gasteiger charge is 2.32. The van der Waals surface area contributed by atoms with Crippen molar-refractivity contribution in [2.24, 2.45) is 0 Å². The lowest BCUT2D eigenvalue weighted by molar-refractivity contribution is -0.137. The van der Waals surface area contributed by atoms with Gasteiger partial charge in [-0.2, -0.15) is 13.2 Å². The second-order valence-electron chi connectivity index (χ2n) is 4.47. The summed E-state index contributed by atoms with van der Waals surface area (Å²) >= 11 is 0. The predicted octanol–water partition coefficient (Wildman–Crippen LogP) is 2.88. The minimum absolute atomic E-state index is 0.116. The van der Waals surface area contributed by atoms with Crippen LogP contribution in [0.1, 0.15) is 18.4 Å². The largest absolute Gasteiger partial charge is 0.416 e. The third kappa shape index (κ3) is 2.69. The van der Waals surface area contributed by atoms with Crippen molar-refractivity contribution in [3.05, 3.63) is 23.8 Å². The van der Waals surface area contributed by atoms with Gasteiger partial charge in [0.2, 0.25) is 0 Å². The van der Waals surface area contributed by atoms with E-state index in [-0.39, 0.29) is 17.8 Å². The highest BCUT2D eigenvalue weighted by Crippen LogP contribution is 2.34. The van der Waals surface area contributed by atoms with Crippen LogP contribution >= 0.6 is 0 Å². The van der Waals surface area contributed by atoms with Gasteiger partial charge in [0.1, 0.15) is 0 Å². The molecule has 0 amide bonds. The Morgan fingerprint density at radius 2 is 2.00 bits per heavy atom. The molecular formula is C12H15F3N2O. The third-order valence-electron chi connectivity index (χ3n) is 3.17. The Kier molecular flexibility index (Phi) is 3.38. The zero-order valence-electron chi connectivity index (χ0n) is 9.92. The summed E-state index contributed by atoms with van der Waals surface area (Å²) in [5.74, 6) is 0. The fraction of sp³-hybridized carbons (Fsp3) is 0.500. The van der Waals surface area contributed by atoms with Crippen molar-refractivity contribution in [3.63, 3.8) is 0 Å². The molecule has 6 heteroatoms. The van der Waals surface area contributed by atoms with Gasteiger partial charge in [0.25, 0.3) is 0 Å². The molecule has 0 aromatic heterocycles. The van der Waals surface area contributed by atoms with Gasteiger partial charge in [-0.1, -0.05) is 0 Å². The highest BCUT2D eigenvalue weighted by atomic mass is 19.4. The van der Waals surface area contributed by atoms with Crippen molar-refractivity contribution in [2.75, 3.05) is 18.2 Å². The molecule has 1 aliphatic rings. The van der Waals surface area contributed by atoms with Crippen LogP contribution in [0.15, 0.2) is 18.2 Å². The van der Waals surface area contributed by atoms with Crippen molar-refractivity contribution in [1.29, 1.82) is 0 Å². The second kappa shape index (κ2) is 4.68. The Labute approximate surface area is 103 Å². The first-order chi connectivity index (χ1) is 8.40. The molecule has 0 unspecified atom stereocenters. The topological polar surface area (TPSA) is 47.3 Å². The number of ether oxygens (including phenoxy) is 1. The number of benzene rings is 1. The number of nitrogens with two attached hydrogens (primary N) is 1. The average Bonchev–Trinajstić information content (AvgIpc) is 2.23. The normalized spacial score (nSPS) is 23.6. The lowest BCUT2D eigenvalue weighted by atomic mass is 9.89. The van der Waals surface area contributed by atoms with Gasteiger partial charge in [-0.3, -0.25) is 0 Å². The number of hydrogen-bond donors (Lipinski definition) is 2. The first-order valence-electron chi connectivity index (χ1n) is 5.66. The van der Waals surface area contributed by atoms with Crippen LogP contribution in [0, 0.1) is 0 Å². The first-order valence-corrected chi connectivity index (χ1v) is 5.66. The molecule has 1 aliphatic carbocycles. The van der Waals surface area contributed by atoms with Crippen LogP contribution in [0.5, 0.6) is 0 Å². The minimum Gasteiger partial charge on any atom is -0.397 e. The Bertz CT molecular complexity index is 428. The number of halogens is 3. The molecule has 1 aromatic rings. The van der Waals surface area contributed by atoms with Crippen LogP contribution < -0.4 is 11.1 Å². The maximum Gasteiger partial charge on any atom is 0.416 e. The van der Waals surface area contributed by atoms with E-state index >= 15 is 0 Å². The van der Waals surface area contributed by atoms with E-state index in [4.69, 9.17) is 10.5 Å². The van der Waals surface area contributed by atoms with Gasteiger partial charge >= 0.3 is 6.18 Å². The zero-order chi connectivity index (χ0) is 13.3. The highest BCUT2D eigenvalue weighted by molar-refractivity contribution is 5.67. The van der Waals surface area contributed by atoms with Crippen LogP contribution in [0.2, 0.25) is 0 Å². The summed E-state index contributed by atoms with van der Waals surface area (Å²) in [7, 11) is 1.65. The molecule has 1 saturated carbocycles. The lowest BCUT2D eigenvalue weighted by Crippen LogP contribution is -2.40. The summed E-state index contributed by atoms with van der Waals surface area (Å²) < 4.78 is 42.5. The predicted molar refractivity (Wildman–Crippen MR) is 63.3 cm³/mol. The number of anilines is 2. The molecule has 0 heterocycles. The van der Waals surface area contributed by atoms with E-state index in [0.717, 1.165) is 25.0 Å². The zero-order valence-corrected chi connectivity index (χ0v) is 9.92. The molecule has 3 N–H and O–H groups in total. The summed E-state index contributed by atoms with van der Waals surface area (Å²) in [6.45, 7) is 0. The van der Waals surface area contributed by atoms with E-state index in [1.807, 2.05) is 0 Å². The fourth-order valence-corrected chi connectivity index (χ4v) is 1.97. The molecule has 3 nitrogen and oxygen atoms in total. The fourth-order valence-electron chi connectivity index (χ4n) is 1.97. The van der Waals surface area contributed by atoms with E-state index in [2.05, 4.69) is 5.32 Å². The number of nitrogens with one attached hydrogen (secondary N) is 1. The van der Waals surface area contributed by atoms with Gasteiger partial charge in [0.15, 0.2) is 0 Å². The summed E-state index contributed by atoms with van der Waals surface area (Å²) in [6, 6.07) is 3.58. The molecule has 0 atom stereocenters. The first kappa shape index (κ1) is 13.0. The SMILES string of the molecule is COC1CC(Nc2ccc(C(F)(F)F)cc2N)C1. The third-order valence-corrected chi connectivity index (χ3v) is 3.17. The lowest BCUT2D eigenvalue weighted by Gasteiger charge is -2.35. The van der Waals surface area contributed by atoms with E-state index in [1.54, 1.807) is 7.11 Å². The van der Waals surface area contributed by atoms with E-state index in [1.165, 1.54) is 6.07 Å². The van der Waals surface area contributed by atoms with Crippen molar-refractivity contribution in [2.45, 2.75) is 31.2 Å². The maximum absolute atomic E-state index is 12.4. The summed E-state index contributed by atoms with van der Waals surface area (Å²) in [5.41, 5.74) is 5.55. The quantitative estimate of drug-likeness (QED) is 0.821. The number of methoxy groups -OCH3 is 1. The van der Waals surface area contributed by atoms with Crippen LogP contribution in [0.3, 0.4) is 0 Å². The van der Waals surface area contributed by atoms with Crippen LogP contribution in [0.25, 0.3) is 0 Å². The molecular weight excluding hydrogens is 245 g/mol. The van der Waals surface area contributed by atoms with Gasteiger partial charge in [-0.25, -0.2) is 0 Å². The average molecular weight is 260 g/mol. The van der Waals surface area contributed by atoms with Crippen LogP contribution in [0.4, 0.5) is 24.5 Å². The van der Waals surface area contributed by atoms with Crippen molar-refractivity contribution in [3.8, 4) is 0 Å². The number of alkyl halides is 3. The standard InChI is InChI=1S/C12H15F3N2O/c1-18-9-5-8(6-9)17-11-3-2-7(4-10(11)16)12(13,14)15/h2-4,8-9,17H,5-6,16H2,1H3. The Hall–Kier alpha value is -1.43. The molecule has 1 aromatic carbocycles. The number of hydrogen-bond acceptors (Lipinski definition) is 3. The molecule has 0 spiro atoms. The Morgan fingerprint density at radius 1 is 1.33 bits per heavy atom. The monoisotopic (exact) mass is 260 g/mol. The smallest absolute Gasteiger partial charge is 0.397 e. The van der Waals surface area contributed by atoms with Gasteiger partial charge in [0.05, 0.1) is 23.0 Å². The number of nitrogen functional groups attached to an aromatic ring is 1. The number of rotatable bonds is 3. The van der Waals surface area contributed by atoms with Gasteiger partial charge < -0.3 is 15.8 Å². The van der Waals surface area contributed by atoms with Gasteiger partial charge in [-0.05, 0) is 31.0 Å². The van der Waals surface area contributed by atoms with Crippen molar-refractivity contribution >= 4 is 11.4 Å². The van der Waals surface area contributed by atoms with E-state index < -0.39 is 11.7 Å². The van der Waals surface area contributed by atoms with E-state index in [9.17, 15) is 13.2 Å². The summed E-state index contributed by atoms with van der Waals surface area (Å²) in [6.07, 6.45) is -2.43. The molecule has 1 fully saturated rings. The van der Waals surface area contributed by atoms with Gasteiger partial charge in [0, 0.05) is 13.2 Å². The molecule has 0 aliphatic heterocycles. The molecule has 100 valence electrons. The Morgan fingerprint density at radius 3 is 2.50 bits per heavy atom. The minimum atomic E-state index is -4.36. The Balaban J connectivity index is 2.02. The molecule has 2 rings (SSSR count). The van der Waals surface area contributed by atoms with Crippen molar-refractivity contribution in [1.82, 2.24) is 0 Å². The maximum atomic E-state index is 12.4. The summed E-state index contributed by atoms with van der Waals surface area (Å²) in [4.78, 5) is 0. The van der Waals surface area contributed by atoms with Gasteiger partial charge in [-0.15, -0.1) is 0 Å². The van der Waals surface area contributed by atoms with E-state index in [0.29, 0.717) is 5.69 Å². The molecule has 0 bridgehead atoms. The van der Waals surface area contributed by atoms with Crippen LogP contribution in [-0.2, 0) is 10.9 Å². The van der Waals surface area contributed by atoms with Crippen molar-refractivity contribution < 1.29 is 17.9 Å². The molecule has 0 radical (unpaired) electrons. The molecule has 18 heavy (non-hydrogen) atoms. The van der Waals surface area contributed by atoms with Crippen LogP contribution in [-0.4, -0.2) is 19.3 Å². The molecule has 0 saturated heterocycles. The second-order valence-corrected chi connectivity index (χ2v) is 4.47. The summed E-state index contributed by atoms with van der Waals surface area (Å²) in [5, 5.41) is 3.12.